The van der Waals surface area contributed by atoms with E-state index in [2.05, 4.69) is 26.9 Å². The van der Waals surface area contributed by atoms with E-state index in [9.17, 15) is 4.79 Å². The first-order chi connectivity index (χ1) is 9.56. The number of likely N-dealkylation sites (tertiary alicyclic amines) is 1. The standard InChI is InChI=1S/C15H23N3O2/c1-15(16-2)6-8-18(9-7-15)11-13-5-4-12(10-17-13)14(19)20-3/h4-5,10,16H,6-9,11H2,1-3H3. The number of hydrogen-bond donors (Lipinski definition) is 1. The average Bonchev–Trinajstić information content (AvgIpc) is 2.50. The summed E-state index contributed by atoms with van der Waals surface area (Å²) in [7, 11) is 3.41. The minimum atomic E-state index is -0.341. The molecule has 110 valence electrons. The van der Waals surface area contributed by atoms with Crippen molar-refractivity contribution in [2.45, 2.75) is 31.8 Å². The molecule has 0 unspecified atom stereocenters. The fourth-order valence-corrected chi connectivity index (χ4v) is 2.44. The highest BCUT2D eigenvalue weighted by atomic mass is 16.5. The van der Waals surface area contributed by atoms with Crippen LogP contribution in [0, 0.1) is 0 Å². The second-order valence-corrected chi connectivity index (χ2v) is 5.62. The molecule has 0 aliphatic carbocycles. The van der Waals surface area contributed by atoms with Crippen molar-refractivity contribution in [1.29, 1.82) is 0 Å². The number of aromatic nitrogens is 1. The zero-order valence-corrected chi connectivity index (χ0v) is 12.5. The van der Waals surface area contributed by atoms with E-state index in [0.29, 0.717) is 5.56 Å². The molecule has 1 aromatic heterocycles. The molecule has 2 heterocycles. The molecule has 0 spiro atoms. The Morgan fingerprint density at radius 2 is 2.15 bits per heavy atom. The summed E-state index contributed by atoms with van der Waals surface area (Å²) in [4.78, 5) is 18.1. The van der Waals surface area contributed by atoms with E-state index in [1.54, 1.807) is 12.3 Å². The van der Waals surface area contributed by atoms with Gasteiger partial charge in [-0.1, -0.05) is 0 Å². The van der Waals surface area contributed by atoms with Crippen LogP contribution in [0.4, 0.5) is 0 Å². The number of esters is 1. The molecule has 1 N–H and O–H groups in total. The molecule has 0 atom stereocenters. The third-order valence-electron chi connectivity index (χ3n) is 4.19. The second-order valence-electron chi connectivity index (χ2n) is 5.62. The van der Waals surface area contributed by atoms with Crippen LogP contribution in [-0.4, -0.2) is 48.6 Å². The van der Waals surface area contributed by atoms with Crippen molar-refractivity contribution < 1.29 is 9.53 Å². The van der Waals surface area contributed by atoms with Gasteiger partial charge >= 0.3 is 5.97 Å². The first-order valence-corrected chi connectivity index (χ1v) is 7.01. The Morgan fingerprint density at radius 1 is 1.45 bits per heavy atom. The Hall–Kier alpha value is -1.46. The first-order valence-electron chi connectivity index (χ1n) is 7.01. The zero-order chi connectivity index (χ0) is 14.6. The fourth-order valence-electron chi connectivity index (χ4n) is 2.44. The zero-order valence-electron chi connectivity index (χ0n) is 12.5. The normalized spacial score (nSPS) is 18.8. The van der Waals surface area contributed by atoms with Gasteiger partial charge in [-0.05, 0) is 38.9 Å². The number of piperidine rings is 1. The molecule has 1 saturated heterocycles. The molecular weight excluding hydrogens is 254 g/mol. The van der Waals surface area contributed by atoms with Gasteiger partial charge in [-0.2, -0.15) is 0 Å². The largest absolute Gasteiger partial charge is 0.465 e. The number of hydrogen-bond acceptors (Lipinski definition) is 5. The quantitative estimate of drug-likeness (QED) is 0.844. The minimum absolute atomic E-state index is 0.263. The van der Waals surface area contributed by atoms with Crippen LogP contribution in [0.15, 0.2) is 18.3 Å². The lowest BCUT2D eigenvalue weighted by Gasteiger charge is -2.39. The van der Waals surface area contributed by atoms with Gasteiger partial charge in [0, 0.05) is 31.4 Å². The summed E-state index contributed by atoms with van der Waals surface area (Å²) in [6.45, 7) is 5.24. The molecule has 0 aromatic carbocycles. The number of nitrogens with zero attached hydrogens (tertiary/aromatic N) is 2. The van der Waals surface area contributed by atoms with Crippen LogP contribution in [0.3, 0.4) is 0 Å². The van der Waals surface area contributed by atoms with Gasteiger partial charge in [0.05, 0.1) is 18.4 Å². The summed E-state index contributed by atoms with van der Waals surface area (Å²) >= 11 is 0. The van der Waals surface area contributed by atoms with Crippen LogP contribution in [0.5, 0.6) is 0 Å². The molecule has 0 amide bonds. The smallest absolute Gasteiger partial charge is 0.339 e. The van der Waals surface area contributed by atoms with Crippen LogP contribution >= 0.6 is 0 Å². The number of ether oxygens (including phenoxy) is 1. The maximum absolute atomic E-state index is 11.3. The molecule has 1 aliphatic rings. The Morgan fingerprint density at radius 3 is 2.65 bits per heavy atom. The Balaban J connectivity index is 1.90. The Kier molecular flexibility index (Phi) is 4.73. The molecule has 1 aliphatic heterocycles. The van der Waals surface area contributed by atoms with Gasteiger partial charge in [0.25, 0.3) is 0 Å². The molecule has 5 nitrogen and oxygen atoms in total. The highest BCUT2D eigenvalue weighted by Gasteiger charge is 2.28. The van der Waals surface area contributed by atoms with E-state index in [4.69, 9.17) is 0 Å². The topological polar surface area (TPSA) is 54.5 Å². The van der Waals surface area contributed by atoms with Gasteiger partial charge in [0.2, 0.25) is 0 Å². The van der Waals surface area contributed by atoms with Crippen molar-refractivity contribution in [2.24, 2.45) is 0 Å². The third-order valence-corrected chi connectivity index (χ3v) is 4.19. The van der Waals surface area contributed by atoms with E-state index in [0.717, 1.165) is 38.2 Å². The number of carbonyl (C=O) groups is 1. The summed E-state index contributed by atoms with van der Waals surface area (Å²) in [6.07, 6.45) is 3.87. The Labute approximate surface area is 120 Å². The van der Waals surface area contributed by atoms with Gasteiger partial charge in [-0.3, -0.25) is 9.88 Å². The molecule has 0 saturated carbocycles. The predicted octanol–water partition coefficient (Wildman–Crippen LogP) is 1.44. The second kappa shape index (κ2) is 6.33. The SMILES string of the molecule is CNC1(C)CCN(Cc2ccc(C(=O)OC)cn2)CC1. The summed E-state index contributed by atoms with van der Waals surface area (Å²) in [5.74, 6) is -0.341. The number of nitrogens with one attached hydrogen (secondary N) is 1. The third kappa shape index (κ3) is 3.55. The van der Waals surface area contributed by atoms with Gasteiger partial charge in [0.1, 0.15) is 0 Å². The maximum Gasteiger partial charge on any atom is 0.339 e. The first kappa shape index (κ1) is 14.9. The van der Waals surface area contributed by atoms with E-state index in [1.165, 1.54) is 7.11 Å². The van der Waals surface area contributed by atoms with Crippen molar-refractivity contribution in [3.63, 3.8) is 0 Å². The van der Waals surface area contributed by atoms with E-state index < -0.39 is 0 Å². The summed E-state index contributed by atoms with van der Waals surface area (Å²) in [6, 6.07) is 3.67. The molecule has 5 heteroatoms. The van der Waals surface area contributed by atoms with Crippen molar-refractivity contribution in [3.8, 4) is 0 Å². The molecule has 1 fully saturated rings. The lowest BCUT2D eigenvalue weighted by atomic mass is 9.90. The van der Waals surface area contributed by atoms with E-state index in [-0.39, 0.29) is 11.5 Å². The van der Waals surface area contributed by atoms with Crippen LogP contribution < -0.4 is 5.32 Å². The molecule has 1 aromatic rings. The summed E-state index contributed by atoms with van der Waals surface area (Å²) in [5, 5.41) is 3.40. The average molecular weight is 277 g/mol. The lowest BCUT2D eigenvalue weighted by Crippen LogP contribution is -2.49. The predicted molar refractivity (Wildman–Crippen MR) is 77.6 cm³/mol. The van der Waals surface area contributed by atoms with E-state index in [1.807, 2.05) is 13.1 Å². The Bertz CT molecular complexity index is 451. The number of rotatable bonds is 4. The van der Waals surface area contributed by atoms with Gasteiger partial charge < -0.3 is 10.1 Å². The summed E-state index contributed by atoms with van der Waals surface area (Å²) < 4.78 is 4.67. The van der Waals surface area contributed by atoms with Gasteiger partial charge in [0.15, 0.2) is 0 Å². The molecule has 0 radical (unpaired) electrons. The minimum Gasteiger partial charge on any atom is -0.465 e. The van der Waals surface area contributed by atoms with E-state index >= 15 is 0 Å². The fraction of sp³-hybridized carbons (Fsp3) is 0.600. The van der Waals surface area contributed by atoms with Crippen LogP contribution in [-0.2, 0) is 11.3 Å². The maximum atomic E-state index is 11.3. The number of methoxy groups -OCH3 is 1. The number of carbonyl (C=O) groups excluding carboxylic acids is 1. The van der Waals surface area contributed by atoms with Crippen LogP contribution in [0.2, 0.25) is 0 Å². The number of pyridine rings is 1. The van der Waals surface area contributed by atoms with Crippen molar-refractivity contribution in [1.82, 2.24) is 15.2 Å². The van der Waals surface area contributed by atoms with Crippen molar-refractivity contribution >= 4 is 5.97 Å². The monoisotopic (exact) mass is 277 g/mol. The lowest BCUT2D eigenvalue weighted by molar-refractivity contribution is 0.0600. The van der Waals surface area contributed by atoms with Crippen LogP contribution in [0.25, 0.3) is 0 Å². The van der Waals surface area contributed by atoms with Gasteiger partial charge in [-0.25, -0.2) is 4.79 Å². The molecule has 2 rings (SSSR count). The highest BCUT2D eigenvalue weighted by Crippen LogP contribution is 2.22. The highest BCUT2D eigenvalue weighted by molar-refractivity contribution is 5.88. The summed E-state index contributed by atoms with van der Waals surface area (Å²) in [5.41, 5.74) is 1.75. The van der Waals surface area contributed by atoms with Crippen LogP contribution in [0.1, 0.15) is 35.8 Å². The molecular formula is C15H23N3O2. The molecule has 0 bridgehead atoms. The molecule has 20 heavy (non-hydrogen) atoms. The van der Waals surface area contributed by atoms with Crippen molar-refractivity contribution in [3.05, 3.63) is 29.6 Å². The van der Waals surface area contributed by atoms with Crippen molar-refractivity contribution in [2.75, 3.05) is 27.2 Å². The van der Waals surface area contributed by atoms with Gasteiger partial charge in [-0.15, -0.1) is 0 Å².